The van der Waals surface area contributed by atoms with E-state index in [1.54, 1.807) is 10.4 Å². The molecule has 0 unspecified atom stereocenters. The predicted octanol–water partition coefficient (Wildman–Crippen LogP) is 3.97. The topological polar surface area (TPSA) is 78.4 Å². The summed E-state index contributed by atoms with van der Waals surface area (Å²) >= 11 is 1.36. The molecule has 0 saturated carbocycles. The molecule has 7 nitrogen and oxygen atoms in total. The van der Waals surface area contributed by atoms with Crippen LogP contribution in [0.15, 0.2) is 46.7 Å². The van der Waals surface area contributed by atoms with Crippen molar-refractivity contribution in [1.82, 2.24) is 14.3 Å². The molecule has 0 atom stereocenters. The van der Waals surface area contributed by atoms with Crippen LogP contribution in [0.2, 0.25) is 0 Å². The molecule has 9 heteroatoms. The summed E-state index contributed by atoms with van der Waals surface area (Å²) < 4.78 is 28.0. The standard InChI is InChI=1S/C22H27N5O2S2/c1-4-19-9-10-22(30-19)31(28,29)27-13-11-26(12-14-27)21-15-20(23-17(3)24-21)25-18-7-5-16(2)6-8-18/h5-10,15H,4,11-14H2,1-3H3,(H,23,24,25). The van der Waals surface area contributed by atoms with E-state index in [4.69, 9.17) is 0 Å². The maximum Gasteiger partial charge on any atom is 0.252 e. The van der Waals surface area contributed by atoms with E-state index in [2.05, 4.69) is 27.1 Å². The lowest BCUT2D eigenvalue weighted by Gasteiger charge is -2.34. The molecule has 1 aromatic carbocycles. The first kappa shape index (κ1) is 21.7. The first-order valence-electron chi connectivity index (χ1n) is 10.4. The largest absolute Gasteiger partial charge is 0.354 e. The molecule has 164 valence electrons. The number of nitrogens with zero attached hydrogens (tertiary/aromatic N) is 4. The van der Waals surface area contributed by atoms with Gasteiger partial charge >= 0.3 is 0 Å². The minimum absolute atomic E-state index is 0.431. The quantitative estimate of drug-likeness (QED) is 0.603. The summed E-state index contributed by atoms with van der Waals surface area (Å²) in [5.41, 5.74) is 2.17. The summed E-state index contributed by atoms with van der Waals surface area (Å²) in [6.07, 6.45) is 0.847. The van der Waals surface area contributed by atoms with Gasteiger partial charge in [-0.2, -0.15) is 4.31 Å². The number of benzene rings is 1. The molecule has 0 radical (unpaired) electrons. The molecule has 0 spiro atoms. The first-order valence-corrected chi connectivity index (χ1v) is 12.6. The number of nitrogens with one attached hydrogen (secondary N) is 1. The average Bonchev–Trinajstić information content (AvgIpc) is 3.25. The van der Waals surface area contributed by atoms with E-state index in [9.17, 15) is 8.42 Å². The molecule has 1 aliphatic rings. The lowest BCUT2D eigenvalue weighted by molar-refractivity contribution is 0.384. The van der Waals surface area contributed by atoms with Crippen molar-refractivity contribution in [3.63, 3.8) is 0 Å². The Bertz CT molecular complexity index is 1150. The number of hydrogen-bond acceptors (Lipinski definition) is 7. The summed E-state index contributed by atoms with van der Waals surface area (Å²) in [5, 5.41) is 3.33. The number of aryl methyl sites for hydroxylation is 3. The molecule has 0 aliphatic carbocycles. The van der Waals surface area contributed by atoms with Gasteiger partial charge in [0.25, 0.3) is 10.0 Å². The Hall–Kier alpha value is -2.49. The Morgan fingerprint density at radius 1 is 1.00 bits per heavy atom. The number of piperazine rings is 1. The Labute approximate surface area is 187 Å². The van der Waals surface area contributed by atoms with E-state index < -0.39 is 10.0 Å². The summed E-state index contributed by atoms with van der Waals surface area (Å²) in [5.74, 6) is 2.21. The number of thiophene rings is 1. The number of sulfonamides is 1. The fraction of sp³-hybridized carbons (Fsp3) is 0.364. The number of anilines is 3. The molecule has 3 aromatic rings. The van der Waals surface area contributed by atoms with E-state index in [0.717, 1.165) is 28.6 Å². The van der Waals surface area contributed by atoms with Gasteiger partial charge in [-0.1, -0.05) is 24.6 Å². The van der Waals surface area contributed by atoms with E-state index in [-0.39, 0.29) is 0 Å². The molecule has 0 bridgehead atoms. The lowest BCUT2D eigenvalue weighted by atomic mass is 10.2. The van der Waals surface area contributed by atoms with Crippen LogP contribution in [0.5, 0.6) is 0 Å². The number of aromatic nitrogens is 2. The van der Waals surface area contributed by atoms with Crippen molar-refractivity contribution >= 4 is 38.7 Å². The molecule has 4 rings (SSSR count). The van der Waals surface area contributed by atoms with Crippen molar-refractivity contribution in [2.24, 2.45) is 0 Å². The number of hydrogen-bond donors (Lipinski definition) is 1. The summed E-state index contributed by atoms with van der Waals surface area (Å²) in [6, 6.07) is 13.7. The Morgan fingerprint density at radius 2 is 1.71 bits per heavy atom. The smallest absolute Gasteiger partial charge is 0.252 e. The minimum atomic E-state index is -3.44. The maximum atomic E-state index is 13.0. The van der Waals surface area contributed by atoms with Crippen molar-refractivity contribution in [3.05, 3.63) is 58.7 Å². The third-order valence-electron chi connectivity index (χ3n) is 5.29. The fourth-order valence-corrected chi connectivity index (χ4v) is 6.41. The van der Waals surface area contributed by atoms with Crippen LogP contribution in [-0.4, -0.2) is 48.9 Å². The van der Waals surface area contributed by atoms with Crippen LogP contribution in [0, 0.1) is 13.8 Å². The molecule has 31 heavy (non-hydrogen) atoms. The van der Waals surface area contributed by atoms with Crippen LogP contribution in [0.1, 0.15) is 23.2 Å². The van der Waals surface area contributed by atoms with Gasteiger partial charge in [0, 0.05) is 42.8 Å². The van der Waals surface area contributed by atoms with Crippen molar-refractivity contribution < 1.29 is 8.42 Å². The van der Waals surface area contributed by atoms with Gasteiger partial charge in [-0.15, -0.1) is 11.3 Å². The van der Waals surface area contributed by atoms with Gasteiger partial charge in [-0.3, -0.25) is 0 Å². The van der Waals surface area contributed by atoms with E-state index in [1.165, 1.54) is 16.9 Å². The molecular formula is C22H27N5O2S2. The van der Waals surface area contributed by atoms with Crippen LogP contribution < -0.4 is 10.2 Å². The van der Waals surface area contributed by atoms with Crippen LogP contribution in [0.25, 0.3) is 0 Å². The Morgan fingerprint density at radius 3 is 2.35 bits per heavy atom. The molecule has 2 aromatic heterocycles. The normalized spacial score (nSPS) is 15.3. The lowest BCUT2D eigenvalue weighted by Crippen LogP contribution is -2.48. The zero-order valence-electron chi connectivity index (χ0n) is 18.0. The van der Waals surface area contributed by atoms with Gasteiger partial charge in [0.15, 0.2) is 0 Å². The Kier molecular flexibility index (Phi) is 6.27. The van der Waals surface area contributed by atoms with E-state index in [1.807, 2.05) is 50.2 Å². The van der Waals surface area contributed by atoms with E-state index >= 15 is 0 Å². The van der Waals surface area contributed by atoms with Gasteiger partial charge in [-0.05, 0) is 44.5 Å². The molecule has 1 aliphatic heterocycles. The first-order chi connectivity index (χ1) is 14.8. The Balaban J connectivity index is 1.46. The monoisotopic (exact) mass is 457 g/mol. The molecule has 1 fully saturated rings. The van der Waals surface area contributed by atoms with Gasteiger partial charge in [0.2, 0.25) is 0 Å². The third kappa shape index (κ3) is 4.89. The highest BCUT2D eigenvalue weighted by Crippen LogP contribution is 2.27. The highest BCUT2D eigenvalue weighted by atomic mass is 32.2. The van der Waals surface area contributed by atoms with Crippen molar-refractivity contribution in [2.75, 3.05) is 36.4 Å². The SMILES string of the molecule is CCc1ccc(S(=O)(=O)N2CCN(c3cc(Nc4ccc(C)cc4)nc(C)n3)CC2)s1. The van der Waals surface area contributed by atoms with Crippen LogP contribution in [0.3, 0.4) is 0 Å². The van der Waals surface area contributed by atoms with Crippen molar-refractivity contribution in [3.8, 4) is 0 Å². The van der Waals surface area contributed by atoms with Crippen LogP contribution in [-0.2, 0) is 16.4 Å². The highest BCUT2D eigenvalue weighted by Gasteiger charge is 2.30. The van der Waals surface area contributed by atoms with Crippen molar-refractivity contribution in [1.29, 1.82) is 0 Å². The van der Waals surface area contributed by atoms with Gasteiger partial charge in [0.1, 0.15) is 21.7 Å². The molecular weight excluding hydrogens is 430 g/mol. The third-order valence-corrected chi connectivity index (χ3v) is 8.89. The summed E-state index contributed by atoms with van der Waals surface area (Å²) in [4.78, 5) is 12.3. The summed E-state index contributed by atoms with van der Waals surface area (Å²) in [6.45, 7) is 8.01. The van der Waals surface area contributed by atoms with E-state index in [0.29, 0.717) is 36.2 Å². The maximum absolute atomic E-state index is 13.0. The van der Waals surface area contributed by atoms with Gasteiger partial charge in [-0.25, -0.2) is 18.4 Å². The molecule has 1 N–H and O–H groups in total. The molecule has 3 heterocycles. The van der Waals surface area contributed by atoms with Crippen LogP contribution in [0.4, 0.5) is 17.3 Å². The number of rotatable bonds is 6. The minimum Gasteiger partial charge on any atom is -0.354 e. The predicted molar refractivity (Wildman–Crippen MR) is 126 cm³/mol. The average molecular weight is 458 g/mol. The zero-order valence-corrected chi connectivity index (χ0v) is 19.6. The highest BCUT2D eigenvalue weighted by molar-refractivity contribution is 7.91. The van der Waals surface area contributed by atoms with Gasteiger partial charge in [0.05, 0.1) is 0 Å². The molecule has 1 saturated heterocycles. The molecule has 0 amide bonds. The fourth-order valence-electron chi connectivity index (χ4n) is 3.53. The second kappa shape index (κ2) is 8.94. The second-order valence-electron chi connectivity index (χ2n) is 7.62. The second-order valence-corrected chi connectivity index (χ2v) is 10.9. The van der Waals surface area contributed by atoms with Crippen LogP contribution >= 0.6 is 11.3 Å². The van der Waals surface area contributed by atoms with Crippen molar-refractivity contribution in [2.45, 2.75) is 31.4 Å². The van der Waals surface area contributed by atoms with Gasteiger partial charge < -0.3 is 10.2 Å². The zero-order chi connectivity index (χ0) is 22.0. The summed E-state index contributed by atoms with van der Waals surface area (Å²) in [7, 11) is -3.44.